The quantitative estimate of drug-likeness (QED) is 0.354. The summed E-state index contributed by atoms with van der Waals surface area (Å²) in [7, 11) is -3.73. The van der Waals surface area contributed by atoms with Crippen LogP contribution in [0.3, 0.4) is 0 Å². The van der Waals surface area contributed by atoms with Gasteiger partial charge in [0.25, 0.3) is 5.91 Å². The van der Waals surface area contributed by atoms with Gasteiger partial charge in [0.15, 0.2) is 0 Å². The number of hydrogen-bond acceptors (Lipinski definition) is 5. The fraction of sp³-hybridized carbons (Fsp3) is 0.259. The first-order valence-electron chi connectivity index (χ1n) is 11.9. The van der Waals surface area contributed by atoms with Gasteiger partial charge in [-0.05, 0) is 73.5 Å². The second kappa shape index (κ2) is 11.8. The highest BCUT2D eigenvalue weighted by molar-refractivity contribution is 7.89. The molecule has 3 aromatic rings. The van der Waals surface area contributed by atoms with E-state index in [9.17, 15) is 18.0 Å². The highest BCUT2D eigenvalue weighted by Gasteiger charge is 2.22. The van der Waals surface area contributed by atoms with Gasteiger partial charge >= 0.3 is 0 Å². The Hall–Kier alpha value is -3.69. The molecule has 1 saturated carbocycles. The van der Waals surface area contributed by atoms with Gasteiger partial charge in [-0.25, -0.2) is 13.1 Å². The molecule has 1 fully saturated rings. The number of carbonyl (C=O) groups excluding carboxylic acids is 2. The predicted molar refractivity (Wildman–Crippen MR) is 138 cm³/mol. The van der Waals surface area contributed by atoms with Gasteiger partial charge in [0.1, 0.15) is 11.5 Å². The number of para-hydroxylation sites is 1. The number of carbonyl (C=O) groups is 2. The standard InChI is InChI=1S/C27H29N3O5S/c31-26(21-10-12-22(13-11-21)30-27(32)20-6-4-5-7-20)28-18-19-29-36(33,34)25-16-14-24(15-17-25)35-23-8-2-1-3-9-23/h1-3,8-17,20,29H,4-7,18-19H2,(H,28,31)(H,30,32). The van der Waals surface area contributed by atoms with E-state index in [-0.39, 0.29) is 35.7 Å². The van der Waals surface area contributed by atoms with E-state index in [0.717, 1.165) is 25.7 Å². The van der Waals surface area contributed by atoms with Crippen LogP contribution in [-0.2, 0) is 14.8 Å². The van der Waals surface area contributed by atoms with Crippen molar-refractivity contribution < 1.29 is 22.7 Å². The minimum atomic E-state index is -3.73. The van der Waals surface area contributed by atoms with E-state index in [4.69, 9.17) is 4.74 Å². The van der Waals surface area contributed by atoms with Crippen LogP contribution in [0.5, 0.6) is 11.5 Å². The maximum atomic E-state index is 12.5. The lowest BCUT2D eigenvalue weighted by atomic mass is 10.1. The summed E-state index contributed by atoms with van der Waals surface area (Å²) in [5.41, 5.74) is 1.07. The molecule has 3 aromatic carbocycles. The van der Waals surface area contributed by atoms with E-state index in [2.05, 4.69) is 15.4 Å². The zero-order chi connectivity index (χ0) is 25.4. The van der Waals surface area contributed by atoms with Crippen LogP contribution in [0.2, 0.25) is 0 Å². The van der Waals surface area contributed by atoms with Crippen molar-refractivity contribution in [3.05, 3.63) is 84.4 Å². The molecule has 0 bridgehead atoms. The molecule has 0 saturated heterocycles. The van der Waals surface area contributed by atoms with Gasteiger partial charge in [-0.2, -0.15) is 0 Å². The molecule has 0 aliphatic heterocycles. The Morgan fingerprint density at radius 2 is 1.44 bits per heavy atom. The van der Waals surface area contributed by atoms with E-state index in [1.165, 1.54) is 12.1 Å². The number of sulfonamides is 1. The van der Waals surface area contributed by atoms with E-state index in [0.29, 0.717) is 22.7 Å². The molecule has 0 atom stereocenters. The van der Waals surface area contributed by atoms with Crippen molar-refractivity contribution in [2.45, 2.75) is 30.6 Å². The van der Waals surface area contributed by atoms with Gasteiger partial charge in [-0.3, -0.25) is 9.59 Å². The Morgan fingerprint density at radius 3 is 2.11 bits per heavy atom. The van der Waals surface area contributed by atoms with E-state index in [1.54, 1.807) is 36.4 Å². The van der Waals surface area contributed by atoms with Crippen LogP contribution in [0, 0.1) is 5.92 Å². The summed E-state index contributed by atoms with van der Waals surface area (Å²) >= 11 is 0. The molecule has 0 spiro atoms. The van der Waals surface area contributed by atoms with Crippen molar-refractivity contribution in [2.75, 3.05) is 18.4 Å². The summed E-state index contributed by atoms with van der Waals surface area (Å²) in [5.74, 6) is 0.944. The van der Waals surface area contributed by atoms with Crippen LogP contribution in [0.1, 0.15) is 36.0 Å². The van der Waals surface area contributed by atoms with Crippen molar-refractivity contribution in [1.82, 2.24) is 10.0 Å². The summed E-state index contributed by atoms with van der Waals surface area (Å²) in [6, 6.07) is 21.9. The van der Waals surface area contributed by atoms with Crippen molar-refractivity contribution in [2.24, 2.45) is 5.92 Å². The number of benzene rings is 3. The number of amides is 2. The number of rotatable bonds is 10. The van der Waals surface area contributed by atoms with E-state index in [1.807, 2.05) is 30.3 Å². The summed E-state index contributed by atoms with van der Waals surface area (Å²) in [6.45, 7) is 0.152. The first-order valence-corrected chi connectivity index (χ1v) is 13.4. The number of nitrogens with one attached hydrogen (secondary N) is 3. The minimum Gasteiger partial charge on any atom is -0.457 e. The van der Waals surface area contributed by atoms with Crippen LogP contribution in [0.25, 0.3) is 0 Å². The normalized spacial score (nSPS) is 13.8. The average Bonchev–Trinajstić information content (AvgIpc) is 3.43. The summed E-state index contributed by atoms with van der Waals surface area (Å²) < 4.78 is 33.2. The predicted octanol–water partition coefficient (Wildman–Crippen LogP) is 4.32. The highest BCUT2D eigenvalue weighted by Crippen LogP contribution is 2.26. The molecule has 0 unspecified atom stereocenters. The summed E-state index contributed by atoms with van der Waals surface area (Å²) in [4.78, 5) is 24.7. The zero-order valence-electron chi connectivity index (χ0n) is 19.8. The lowest BCUT2D eigenvalue weighted by molar-refractivity contribution is -0.119. The molecule has 0 heterocycles. The molecular formula is C27H29N3O5S. The molecule has 9 heteroatoms. The summed E-state index contributed by atoms with van der Waals surface area (Å²) in [5, 5.41) is 5.59. The smallest absolute Gasteiger partial charge is 0.251 e. The van der Waals surface area contributed by atoms with Crippen LogP contribution >= 0.6 is 0 Å². The van der Waals surface area contributed by atoms with Crippen molar-refractivity contribution in [1.29, 1.82) is 0 Å². The first-order chi connectivity index (χ1) is 17.4. The molecule has 8 nitrogen and oxygen atoms in total. The Kier molecular flexibility index (Phi) is 8.35. The molecule has 0 radical (unpaired) electrons. The topological polar surface area (TPSA) is 114 Å². The Balaban J connectivity index is 1.21. The SMILES string of the molecule is O=C(NCCNS(=O)(=O)c1ccc(Oc2ccccc2)cc1)c1ccc(NC(=O)C2CCCC2)cc1. The van der Waals surface area contributed by atoms with Crippen molar-refractivity contribution in [3.8, 4) is 11.5 Å². The minimum absolute atomic E-state index is 0.0235. The number of ether oxygens (including phenoxy) is 1. The van der Waals surface area contributed by atoms with Crippen LogP contribution < -0.4 is 20.1 Å². The molecule has 0 aromatic heterocycles. The lowest BCUT2D eigenvalue weighted by Crippen LogP contribution is -2.34. The Labute approximate surface area is 211 Å². The molecule has 1 aliphatic carbocycles. The Morgan fingerprint density at radius 1 is 0.806 bits per heavy atom. The first kappa shape index (κ1) is 25.4. The molecule has 1 aliphatic rings. The molecule has 188 valence electrons. The second-order valence-electron chi connectivity index (χ2n) is 8.59. The highest BCUT2D eigenvalue weighted by atomic mass is 32.2. The monoisotopic (exact) mass is 507 g/mol. The number of anilines is 1. The van der Waals surface area contributed by atoms with Crippen LogP contribution in [0.4, 0.5) is 5.69 Å². The fourth-order valence-corrected chi connectivity index (χ4v) is 5.03. The lowest BCUT2D eigenvalue weighted by Gasteiger charge is -2.11. The van der Waals surface area contributed by atoms with Gasteiger partial charge in [0.05, 0.1) is 4.90 Å². The van der Waals surface area contributed by atoms with Crippen LogP contribution in [-0.4, -0.2) is 33.3 Å². The molecule has 3 N–H and O–H groups in total. The van der Waals surface area contributed by atoms with Crippen molar-refractivity contribution >= 4 is 27.5 Å². The fourth-order valence-electron chi connectivity index (χ4n) is 4.00. The third kappa shape index (κ3) is 6.93. The molecule has 36 heavy (non-hydrogen) atoms. The van der Waals surface area contributed by atoms with E-state index < -0.39 is 10.0 Å². The zero-order valence-corrected chi connectivity index (χ0v) is 20.6. The summed E-state index contributed by atoms with van der Waals surface area (Å²) in [6.07, 6.45) is 4.01. The molecule has 2 amide bonds. The Bertz CT molecular complexity index is 1270. The third-order valence-corrected chi connectivity index (χ3v) is 7.43. The van der Waals surface area contributed by atoms with Crippen molar-refractivity contribution in [3.63, 3.8) is 0 Å². The van der Waals surface area contributed by atoms with Gasteiger partial charge in [0.2, 0.25) is 15.9 Å². The maximum absolute atomic E-state index is 12.5. The van der Waals surface area contributed by atoms with Gasteiger partial charge in [-0.15, -0.1) is 0 Å². The third-order valence-electron chi connectivity index (χ3n) is 5.96. The number of hydrogen-bond donors (Lipinski definition) is 3. The largest absolute Gasteiger partial charge is 0.457 e. The van der Waals surface area contributed by atoms with E-state index >= 15 is 0 Å². The molecular weight excluding hydrogens is 478 g/mol. The average molecular weight is 508 g/mol. The molecule has 4 rings (SSSR count). The maximum Gasteiger partial charge on any atom is 0.251 e. The van der Waals surface area contributed by atoms with Gasteiger partial charge < -0.3 is 15.4 Å². The second-order valence-corrected chi connectivity index (χ2v) is 10.4. The van der Waals surface area contributed by atoms with Gasteiger partial charge in [0, 0.05) is 30.3 Å². The van der Waals surface area contributed by atoms with Crippen LogP contribution in [0.15, 0.2) is 83.8 Å². The van der Waals surface area contributed by atoms with Gasteiger partial charge in [-0.1, -0.05) is 31.0 Å².